The Kier molecular flexibility index (Phi) is 40.4. The molecule has 6 atom stereocenters. The summed E-state index contributed by atoms with van der Waals surface area (Å²) in [5.74, 6) is -7.71. The van der Waals surface area contributed by atoms with Gasteiger partial charge in [0.2, 0.25) is 0 Å². The quantitative estimate of drug-likeness (QED) is 0.0104. The maximum atomic E-state index is 13.5. The van der Waals surface area contributed by atoms with Crippen LogP contribution in [0.1, 0.15) is 125 Å². The summed E-state index contributed by atoms with van der Waals surface area (Å²) < 4.78 is 52.7. The number of esters is 10. The Morgan fingerprint density at radius 1 is 0.494 bits per heavy atom. The van der Waals surface area contributed by atoms with E-state index >= 15 is 0 Å². The van der Waals surface area contributed by atoms with Crippen molar-refractivity contribution < 1.29 is 95.3 Å². The van der Waals surface area contributed by atoms with Crippen molar-refractivity contribution in [2.75, 3.05) is 39.6 Å². The Labute approximate surface area is 506 Å². The fourth-order valence-corrected chi connectivity index (χ4v) is 9.63. The third kappa shape index (κ3) is 35.1. The van der Waals surface area contributed by atoms with Crippen LogP contribution >= 0.6 is 23.5 Å². The smallest absolute Gasteiger partial charge is 0.330 e. The standard InChI is InChI=1S/C60H79NO20S2.CHN/c1-14-47(81-60(71)43(9)22-20-41(7)58(69)79-45(11)24-18-39(5)30-32-73-51(65)26-28-53(67)77-36-34-75-49(63)16-3)56-55(82-54(83-56)37-61-13)46(12)80-59(70)42(8)21-19-40(6)57(68)78-44(10)23-17-38(4)29-31-72-50(64)25-27-52(66)76-35-33-74-48(62)15-2;1-2/h14-16,37,40-43,55-56H,2-5,10-12,17-36H2,1,6-9H3;1H/b47-14-,54-37+;. The number of ether oxygens (including phenoxy) is 10. The van der Waals surface area contributed by atoms with E-state index in [2.05, 4.69) is 57.5 Å². The van der Waals surface area contributed by atoms with Gasteiger partial charge in [-0.15, -0.1) is 23.5 Å². The van der Waals surface area contributed by atoms with E-state index < -0.39 is 93.9 Å². The van der Waals surface area contributed by atoms with Gasteiger partial charge in [-0.3, -0.25) is 38.4 Å². The molecule has 0 bridgehead atoms. The van der Waals surface area contributed by atoms with E-state index in [0.717, 1.165) is 12.2 Å². The number of carbonyl (C=O) groups is 10. The van der Waals surface area contributed by atoms with Crippen LogP contribution in [0.15, 0.2) is 109 Å². The molecule has 1 aliphatic heterocycles. The van der Waals surface area contributed by atoms with E-state index in [1.165, 1.54) is 29.7 Å². The second-order valence-electron chi connectivity index (χ2n) is 19.0. The molecule has 0 amide bonds. The maximum absolute atomic E-state index is 13.5. The molecule has 466 valence electrons. The monoisotopic (exact) mass is 1220 g/mol. The number of rotatable bonds is 42. The van der Waals surface area contributed by atoms with Gasteiger partial charge in [-0.05, 0) is 51.5 Å². The molecular formula is C61H80N2O20S2. The van der Waals surface area contributed by atoms with Crippen molar-refractivity contribution in [1.82, 2.24) is 0 Å². The molecule has 0 radical (unpaired) electrons. The summed E-state index contributed by atoms with van der Waals surface area (Å²) in [6.07, 6.45) is 7.25. The van der Waals surface area contributed by atoms with Crippen LogP contribution in [0.4, 0.5) is 0 Å². The molecule has 0 aromatic carbocycles. The van der Waals surface area contributed by atoms with E-state index in [1.54, 1.807) is 40.7 Å². The molecule has 6 unspecified atom stereocenters. The van der Waals surface area contributed by atoms with Crippen LogP contribution in [-0.2, 0) is 95.3 Å². The van der Waals surface area contributed by atoms with Gasteiger partial charge in [0, 0.05) is 48.6 Å². The van der Waals surface area contributed by atoms with E-state index in [0.29, 0.717) is 41.1 Å². The van der Waals surface area contributed by atoms with E-state index in [1.807, 2.05) is 0 Å². The van der Waals surface area contributed by atoms with Gasteiger partial charge in [0.15, 0.2) is 6.20 Å². The van der Waals surface area contributed by atoms with Gasteiger partial charge in [0.25, 0.3) is 0 Å². The molecule has 0 spiro atoms. The van der Waals surface area contributed by atoms with Gasteiger partial charge >= 0.3 is 59.7 Å². The molecule has 22 nitrogen and oxygen atoms in total. The zero-order valence-electron chi connectivity index (χ0n) is 49.3. The highest BCUT2D eigenvalue weighted by atomic mass is 32.2. The molecule has 1 aliphatic rings. The van der Waals surface area contributed by atoms with E-state index in [-0.39, 0.29) is 127 Å². The number of hydrogen-bond donors (Lipinski definition) is 0. The minimum atomic E-state index is -0.656. The summed E-state index contributed by atoms with van der Waals surface area (Å²) in [6.45, 7) is 44.9. The molecule has 1 saturated heterocycles. The highest BCUT2D eigenvalue weighted by molar-refractivity contribution is 8.26. The summed E-state index contributed by atoms with van der Waals surface area (Å²) in [4.78, 5) is 126. The van der Waals surface area contributed by atoms with E-state index in [4.69, 9.17) is 59.2 Å². The highest BCUT2D eigenvalue weighted by Crippen LogP contribution is 2.52. The Hall–Kier alpha value is -7.96. The summed E-state index contributed by atoms with van der Waals surface area (Å²) >= 11 is 2.50. The van der Waals surface area contributed by atoms with Crippen molar-refractivity contribution in [2.24, 2.45) is 23.7 Å². The lowest BCUT2D eigenvalue weighted by Gasteiger charge is -2.23. The van der Waals surface area contributed by atoms with Gasteiger partial charge in [0.05, 0.1) is 79.6 Å². The normalized spacial score (nSPS) is 15.1. The average Bonchev–Trinajstić information content (AvgIpc) is 3.73. The summed E-state index contributed by atoms with van der Waals surface area (Å²) in [6, 6.07) is 0. The molecule has 0 aliphatic carbocycles. The van der Waals surface area contributed by atoms with Crippen molar-refractivity contribution >= 4 is 83.2 Å². The molecule has 24 heteroatoms. The number of nitriles is 1. The fraction of sp³-hybridized carbons (Fsp3) is 0.508. The fourth-order valence-electron chi connectivity index (χ4n) is 6.71. The third-order valence-electron chi connectivity index (χ3n) is 12.0. The van der Waals surface area contributed by atoms with Crippen LogP contribution in [0, 0.1) is 42.1 Å². The lowest BCUT2D eigenvalue weighted by Crippen LogP contribution is -2.28. The van der Waals surface area contributed by atoms with Gasteiger partial charge < -0.3 is 47.4 Å². The third-order valence-corrected chi connectivity index (χ3v) is 14.9. The first-order valence-electron chi connectivity index (χ1n) is 27.1. The molecular weight excluding hydrogens is 1140 g/mol. The second kappa shape index (κ2) is 44.5. The van der Waals surface area contributed by atoms with Crippen LogP contribution in [0.5, 0.6) is 0 Å². The first-order chi connectivity index (χ1) is 40.3. The summed E-state index contributed by atoms with van der Waals surface area (Å²) in [5, 5.41) is 5.27. The van der Waals surface area contributed by atoms with Crippen LogP contribution < -0.4 is 0 Å². The zero-order valence-corrected chi connectivity index (χ0v) is 51.0. The average molecular weight is 1230 g/mol. The van der Waals surface area contributed by atoms with E-state index in [9.17, 15) is 47.9 Å². The number of hydrogen-bond acceptors (Lipinski definition) is 23. The largest absolute Gasteiger partial charge is 0.465 e. The van der Waals surface area contributed by atoms with Crippen molar-refractivity contribution in [2.45, 2.75) is 135 Å². The van der Waals surface area contributed by atoms with Crippen LogP contribution in [-0.4, -0.2) is 110 Å². The number of nitrogens with zero attached hydrogens (tertiary/aromatic N) is 2. The first kappa shape index (κ1) is 77.0. The minimum Gasteiger partial charge on any atom is -0.465 e. The Bertz CT molecular complexity index is 2540. The van der Waals surface area contributed by atoms with Crippen molar-refractivity contribution in [3.05, 3.63) is 120 Å². The molecule has 85 heavy (non-hydrogen) atoms. The Morgan fingerprint density at radius 3 is 1.18 bits per heavy atom. The van der Waals surface area contributed by atoms with Crippen LogP contribution in [0.3, 0.4) is 0 Å². The predicted octanol–water partition coefficient (Wildman–Crippen LogP) is 10.4. The Balaban J connectivity index is 0.0000349. The van der Waals surface area contributed by atoms with Crippen LogP contribution in [0.2, 0.25) is 0 Å². The highest BCUT2D eigenvalue weighted by Gasteiger charge is 2.40. The zero-order chi connectivity index (χ0) is 64.4. The summed E-state index contributed by atoms with van der Waals surface area (Å²) in [5.41, 5.74) is 1.43. The predicted molar refractivity (Wildman–Crippen MR) is 315 cm³/mol. The van der Waals surface area contributed by atoms with Gasteiger partial charge in [0.1, 0.15) is 49.5 Å². The van der Waals surface area contributed by atoms with Crippen molar-refractivity contribution in [1.29, 1.82) is 5.26 Å². The molecule has 0 saturated carbocycles. The van der Waals surface area contributed by atoms with Gasteiger partial charge in [-0.2, -0.15) is 0 Å². The van der Waals surface area contributed by atoms with Crippen molar-refractivity contribution in [3.8, 4) is 6.57 Å². The molecule has 1 heterocycles. The lowest BCUT2D eigenvalue weighted by molar-refractivity contribution is -0.152. The van der Waals surface area contributed by atoms with Crippen LogP contribution in [0.25, 0.3) is 4.85 Å². The molecule has 0 aromatic heterocycles. The van der Waals surface area contributed by atoms with Crippen molar-refractivity contribution in [3.63, 3.8) is 0 Å². The minimum absolute atomic E-state index is 0.0291. The molecule has 0 N–H and O–H groups in total. The summed E-state index contributed by atoms with van der Waals surface area (Å²) in [7, 11) is 0. The topological polar surface area (TPSA) is 291 Å². The second-order valence-corrected chi connectivity index (χ2v) is 21.6. The number of allylic oxidation sites excluding steroid dienone is 3. The molecule has 0 aromatic rings. The SMILES string of the molecule is C#N.[C-]#[N+]/C=C1\SC(C(=C)OC(=O)C(C)CCC(C)C(=O)OC(=C)CCC(=C)CCOC(=O)CCC(=O)OCCOC(=O)C=C)C(/C(=C/C)OC(=O)C(C)CCC(C)C(=O)OC(=C)CCC(=C)CCOC(=O)CCC(=O)OCCOC(=O)C=C)S1. The van der Waals surface area contributed by atoms with Gasteiger partial charge in [-0.1, -0.05) is 84.9 Å². The number of carbonyl (C=O) groups excluding carboxylic acids is 10. The molecule has 1 fully saturated rings. The Morgan fingerprint density at radius 2 is 0.824 bits per heavy atom. The molecule has 1 rings (SSSR count). The number of thioether (sulfide) groups is 2. The van der Waals surface area contributed by atoms with Gasteiger partial charge in [-0.25, -0.2) is 19.7 Å². The lowest BCUT2D eigenvalue weighted by atomic mass is 9.98. The maximum Gasteiger partial charge on any atom is 0.330 e. The first-order valence-corrected chi connectivity index (χ1v) is 28.9.